The monoisotopic (exact) mass is 317 g/mol. The van der Waals surface area contributed by atoms with Crippen LogP contribution >= 0.6 is 0 Å². The van der Waals surface area contributed by atoms with E-state index in [2.05, 4.69) is 19.2 Å². The molecule has 0 aliphatic rings. The van der Waals surface area contributed by atoms with Crippen molar-refractivity contribution >= 4 is 9.84 Å². The second-order valence-corrected chi connectivity index (χ2v) is 7.84. The Morgan fingerprint density at radius 1 is 1.29 bits per heavy atom. The molecule has 0 saturated carbocycles. The van der Waals surface area contributed by atoms with E-state index < -0.39 is 15.7 Å². The minimum Gasteiger partial charge on any atom is -0.395 e. The van der Waals surface area contributed by atoms with E-state index in [9.17, 15) is 17.9 Å². The highest BCUT2D eigenvalue weighted by molar-refractivity contribution is 7.90. The van der Waals surface area contributed by atoms with E-state index in [1.165, 1.54) is 12.1 Å². The van der Waals surface area contributed by atoms with Crippen LogP contribution in [0.15, 0.2) is 23.1 Å². The van der Waals surface area contributed by atoms with Gasteiger partial charge in [0.2, 0.25) is 0 Å². The van der Waals surface area contributed by atoms with Crippen molar-refractivity contribution in [3.63, 3.8) is 0 Å². The van der Waals surface area contributed by atoms with Crippen LogP contribution in [0.2, 0.25) is 0 Å². The molecule has 0 aliphatic carbocycles. The first kappa shape index (κ1) is 18.1. The molecule has 2 N–H and O–H groups in total. The van der Waals surface area contributed by atoms with Gasteiger partial charge in [0.05, 0.1) is 6.61 Å². The molecule has 4 nitrogen and oxygen atoms in total. The molecule has 1 rings (SSSR count). The average molecular weight is 317 g/mol. The van der Waals surface area contributed by atoms with E-state index in [-0.39, 0.29) is 23.6 Å². The van der Waals surface area contributed by atoms with Gasteiger partial charge in [-0.05, 0) is 37.0 Å². The largest absolute Gasteiger partial charge is 0.395 e. The lowest BCUT2D eigenvalue weighted by atomic mass is 10.0. The summed E-state index contributed by atoms with van der Waals surface area (Å²) in [5.74, 6) is -0.306. The summed E-state index contributed by atoms with van der Waals surface area (Å²) >= 11 is 0. The molecule has 0 amide bonds. The van der Waals surface area contributed by atoms with Gasteiger partial charge in [-0.25, -0.2) is 12.8 Å². The number of hydrogen-bond acceptors (Lipinski definition) is 4. The van der Waals surface area contributed by atoms with Gasteiger partial charge in [0.15, 0.2) is 9.84 Å². The molecule has 0 fully saturated rings. The second-order valence-electron chi connectivity index (χ2n) is 5.86. The van der Waals surface area contributed by atoms with Crippen LogP contribution in [0.3, 0.4) is 0 Å². The summed E-state index contributed by atoms with van der Waals surface area (Å²) < 4.78 is 36.7. The smallest absolute Gasteiger partial charge is 0.178 e. The zero-order valence-corrected chi connectivity index (χ0v) is 13.7. The molecule has 21 heavy (non-hydrogen) atoms. The van der Waals surface area contributed by atoms with Crippen LogP contribution in [0.5, 0.6) is 0 Å². The summed E-state index contributed by atoms with van der Waals surface area (Å²) in [4.78, 5) is -0.292. The predicted molar refractivity (Wildman–Crippen MR) is 81.4 cm³/mol. The summed E-state index contributed by atoms with van der Waals surface area (Å²) in [6.07, 6.45) is 1.79. The molecule has 0 aromatic heterocycles. The number of hydrogen-bond donors (Lipinski definition) is 2. The van der Waals surface area contributed by atoms with E-state index in [4.69, 9.17) is 0 Å². The second kappa shape index (κ2) is 7.33. The van der Waals surface area contributed by atoms with Crippen LogP contribution in [0.4, 0.5) is 4.39 Å². The molecule has 0 bridgehead atoms. The standard InChI is InChI=1S/C15H24FNO3S/c1-10(2)7-13(9-18)17-11(3)12-5-6-15(14(16)8-12)21(4,19)20/h5-6,8,10-11,13,17-18H,7,9H2,1-4H3. The molecule has 0 saturated heterocycles. The first-order chi connectivity index (χ1) is 9.65. The Kier molecular flexibility index (Phi) is 6.31. The van der Waals surface area contributed by atoms with Gasteiger partial charge in [-0.2, -0.15) is 0 Å². The lowest BCUT2D eigenvalue weighted by molar-refractivity contribution is 0.215. The fourth-order valence-electron chi connectivity index (χ4n) is 2.30. The van der Waals surface area contributed by atoms with Crippen LogP contribution in [-0.4, -0.2) is 32.4 Å². The highest BCUT2D eigenvalue weighted by atomic mass is 32.2. The number of aliphatic hydroxyl groups is 1. The summed E-state index contributed by atoms with van der Waals surface area (Å²) in [6.45, 7) is 6.00. The molecule has 6 heteroatoms. The van der Waals surface area contributed by atoms with Gasteiger partial charge in [-0.1, -0.05) is 19.9 Å². The van der Waals surface area contributed by atoms with Crippen LogP contribution in [-0.2, 0) is 9.84 Å². The zero-order chi connectivity index (χ0) is 16.2. The van der Waals surface area contributed by atoms with E-state index in [1.54, 1.807) is 6.07 Å². The molecule has 120 valence electrons. The van der Waals surface area contributed by atoms with Gasteiger partial charge >= 0.3 is 0 Å². The fraction of sp³-hybridized carbons (Fsp3) is 0.600. The number of aliphatic hydroxyl groups excluding tert-OH is 1. The van der Waals surface area contributed by atoms with E-state index in [0.717, 1.165) is 12.7 Å². The highest BCUT2D eigenvalue weighted by Crippen LogP contribution is 2.21. The van der Waals surface area contributed by atoms with Crippen LogP contribution in [0.1, 0.15) is 38.8 Å². The third-order valence-corrected chi connectivity index (χ3v) is 4.45. The Morgan fingerprint density at radius 3 is 2.33 bits per heavy atom. The van der Waals surface area contributed by atoms with Gasteiger partial charge in [-0.3, -0.25) is 0 Å². The molecule has 0 aliphatic heterocycles. The lowest BCUT2D eigenvalue weighted by Gasteiger charge is -2.23. The van der Waals surface area contributed by atoms with Crippen molar-refractivity contribution in [2.45, 2.75) is 44.2 Å². The van der Waals surface area contributed by atoms with Crippen molar-refractivity contribution in [1.29, 1.82) is 0 Å². The summed E-state index contributed by atoms with van der Waals surface area (Å²) in [5, 5.41) is 12.6. The average Bonchev–Trinajstić information content (AvgIpc) is 2.35. The number of nitrogens with one attached hydrogen (secondary N) is 1. The van der Waals surface area contributed by atoms with Gasteiger partial charge in [-0.15, -0.1) is 0 Å². The first-order valence-electron chi connectivity index (χ1n) is 7.01. The van der Waals surface area contributed by atoms with Crippen LogP contribution in [0.25, 0.3) is 0 Å². The molecule has 0 radical (unpaired) electrons. The lowest BCUT2D eigenvalue weighted by Crippen LogP contribution is -2.35. The topological polar surface area (TPSA) is 66.4 Å². The van der Waals surface area contributed by atoms with E-state index in [0.29, 0.717) is 11.5 Å². The first-order valence-corrected chi connectivity index (χ1v) is 8.90. The maximum Gasteiger partial charge on any atom is 0.178 e. The van der Waals surface area contributed by atoms with Gasteiger partial charge in [0.25, 0.3) is 0 Å². The third kappa shape index (κ3) is 5.37. The Bertz CT molecular complexity index is 572. The van der Waals surface area contributed by atoms with Crippen LogP contribution in [0, 0.1) is 11.7 Å². The van der Waals surface area contributed by atoms with Crippen molar-refractivity contribution in [3.05, 3.63) is 29.6 Å². The van der Waals surface area contributed by atoms with Crippen molar-refractivity contribution in [2.24, 2.45) is 5.92 Å². The van der Waals surface area contributed by atoms with Gasteiger partial charge in [0, 0.05) is 18.3 Å². The molecule has 0 heterocycles. The Hall–Kier alpha value is -0.980. The van der Waals surface area contributed by atoms with Crippen molar-refractivity contribution < 1.29 is 17.9 Å². The van der Waals surface area contributed by atoms with Crippen LogP contribution < -0.4 is 5.32 Å². The van der Waals surface area contributed by atoms with Crippen molar-refractivity contribution in [3.8, 4) is 0 Å². The Morgan fingerprint density at radius 2 is 1.90 bits per heavy atom. The number of benzene rings is 1. The molecule has 2 atom stereocenters. The third-order valence-electron chi connectivity index (χ3n) is 3.32. The SMILES string of the molecule is CC(C)CC(CO)NC(C)c1ccc(S(C)(=O)=O)c(F)c1. The number of sulfone groups is 1. The van der Waals surface area contributed by atoms with E-state index in [1.807, 2.05) is 6.92 Å². The summed E-state index contributed by atoms with van der Waals surface area (Å²) in [6, 6.07) is 3.87. The Balaban J connectivity index is 2.88. The minimum atomic E-state index is -3.55. The highest BCUT2D eigenvalue weighted by Gasteiger charge is 2.18. The minimum absolute atomic E-state index is 0.00637. The summed E-state index contributed by atoms with van der Waals surface area (Å²) in [7, 11) is -3.55. The normalized spacial score (nSPS) is 15.2. The number of halogens is 1. The summed E-state index contributed by atoms with van der Waals surface area (Å²) in [5.41, 5.74) is 0.655. The molecular weight excluding hydrogens is 293 g/mol. The fourth-order valence-corrected chi connectivity index (χ4v) is 3.03. The Labute approximate surface area is 126 Å². The molecule has 1 aromatic carbocycles. The molecule has 1 aromatic rings. The molecule has 2 unspecified atom stereocenters. The quantitative estimate of drug-likeness (QED) is 0.810. The van der Waals surface area contributed by atoms with Gasteiger partial charge in [0.1, 0.15) is 10.7 Å². The van der Waals surface area contributed by atoms with Crippen molar-refractivity contribution in [1.82, 2.24) is 5.32 Å². The van der Waals surface area contributed by atoms with Crippen molar-refractivity contribution in [2.75, 3.05) is 12.9 Å². The maximum absolute atomic E-state index is 13.9. The zero-order valence-electron chi connectivity index (χ0n) is 12.9. The van der Waals surface area contributed by atoms with Gasteiger partial charge < -0.3 is 10.4 Å². The van der Waals surface area contributed by atoms with E-state index >= 15 is 0 Å². The predicted octanol–water partition coefficient (Wildman–Crippen LogP) is 2.29. The number of rotatable bonds is 7. The maximum atomic E-state index is 13.9. The molecule has 0 spiro atoms. The molecular formula is C15H24FNO3S.